The van der Waals surface area contributed by atoms with Gasteiger partial charge in [0.05, 0.1) is 18.2 Å². The lowest BCUT2D eigenvalue weighted by Crippen LogP contribution is -2.39. The van der Waals surface area contributed by atoms with Crippen LogP contribution in [0, 0.1) is 19.7 Å². The average molecular weight is 316 g/mol. The van der Waals surface area contributed by atoms with Gasteiger partial charge >= 0.3 is 0 Å². The summed E-state index contributed by atoms with van der Waals surface area (Å²) in [4.78, 5) is 14.7. The Labute approximate surface area is 135 Å². The molecule has 4 nitrogen and oxygen atoms in total. The number of halogens is 1. The van der Waals surface area contributed by atoms with Crippen molar-refractivity contribution in [3.8, 4) is 0 Å². The summed E-state index contributed by atoms with van der Waals surface area (Å²) in [5, 5.41) is 3.91. The summed E-state index contributed by atoms with van der Waals surface area (Å²) in [6.45, 7) is 4.38. The molecule has 1 saturated heterocycles. The highest BCUT2D eigenvalue weighted by Crippen LogP contribution is 2.32. The Morgan fingerprint density at radius 3 is 2.91 bits per heavy atom. The molecule has 0 spiro atoms. The minimum absolute atomic E-state index is 0.0487. The van der Waals surface area contributed by atoms with Crippen LogP contribution in [0.3, 0.4) is 0 Å². The number of piperidine rings is 1. The highest BCUT2D eigenvalue weighted by Gasteiger charge is 2.29. The number of hydrogen-bond acceptors (Lipinski definition) is 3. The molecule has 0 bridgehead atoms. The Kier molecular flexibility index (Phi) is 4.46. The summed E-state index contributed by atoms with van der Waals surface area (Å²) < 4.78 is 18.7. The van der Waals surface area contributed by atoms with Crippen LogP contribution in [-0.2, 0) is 11.2 Å². The minimum Gasteiger partial charge on any atom is -0.361 e. The van der Waals surface area contributed by atoms with Crippen molar-refractivity contribution in [2.45, 2.75) is 45.6 Å². The molecule has 1 atom stereocenters. The maximum atomic E-state index is 13.5. The van der Waals surface area contributed by atoms with Crippen molar-refractivity contribution in [1.82, 2.24) is 10.1 Å². The molecule has 1 fully saturated rings. The van der Waals surface area contributed by atoms with Gasteiger partial charge in [-0.15, -0.1) is 0 Å². The first-order valence-electron chi connectivity index (χ1n) is 8.03. The Balaban J connectivity index is 1.82. The van der Waals surface area contributed by atoms with Crippen LogP contribution in [0.1, 0.15) is 47.9 Å². The van der Waals surface area contributed by atoms with E-state index < -0.39 is 0 Å². The van der Waals surface area contributed by atoms with E-state index in [0.29, 0.717) is 12.3 Å². The van der Waals surface area contributed by atoms with Gasteiger partial charge in [-0.2, -0.15) is 0 Å². The van der Waals surface area contributed by atoms with Gasteiger partial charge in [0, 0.05) is 12.1 Å². The Morgan fingerprint density at radius 1 is 1.39 bits per heavy atom. The average Bonchev–Trinajstić information content (AvgIpc) is 2.87. The fraction of sp³-hybridized carbons (Fsp3) is 0.444. The van der Waals surface area contributed by atoms with Crippen molar-refractivity contribution < 1.29 is 13.7 Å². The molecule has 122 valence electrons. The van der Waals surface area contributed by atoms with Gasteiger partial charge in [-0.05, 0) is 50.8 Å². The second-order valence-corrected chi connectivity index (χ2v) is 6.13. The number of aryl methyl sites for hydroxylation is 2. The monoisotopic (exact) mass is 316 g/mol. The minimum atomic E-state index is -0.258. The molecule has 1 aromatic heterocycles. The fourth-order valence-corrected chi connectivity index (χ4v) is 3.30. The summed E-state index contributed by atoms with van der Waals surface area (Å²) in [7, 11) is 0. The van der Waals surface area contributed by atoms with Gasteiger partial charge in [0.2, 0.25) is 5.91 Å². The molecular weight excluding hydrogens is 295 g/mol. The predicted molar refractivity (Wildman–Crippen MR) is 84.4 cm³/mol. The zero-order valence-electron chi connectivity index (χ0n) is 13.5. The van der Waals surface area contributed by atoms with Gasteiger partial charge in [0.25, 0.3) is 0 Å². The number of rotatable bonds is 3. The van der Waals surface area contributed by atoms with Crippen LogP contribution >= 0.6 is 0 Å². The molecule has 0 radical (unpaired) electrons. The second kappa shape index (κ2) is 6.52. The van der Waals surface area contributed by atoms with E-state index in [1.54, 1.807) is 6.07 Å². The van der Waals surface area contributed by atoms with Gasteiger partial charge in [-0.25, -0.2) is 4.39 Å². The highest BCUT2D eigenvalue weighted by atomic mass is 19.1. The van der Waals surface area contributed by atoms with Crippen LogP contribution in [0.5, 0.6) is 0 Å². The van der Waals surface area contributed by atoms with E-state index in [4.69, 9.17) is 4.52 Å². The lowest BCUT2D eigenvalue weighted by molar-refractivity contribution is -0.134. The fourth-order valence-electron chi connectivity index (χ4n) is 3.30. The molecule has 5 heteroatoms. The molecule has 0 N–H and O–H groups in total. The summed E-state index contributed by atoms with van der Waals surface area (Å²) in [6.07, 6.45) is 3.19. The molecular formula is C18H21FN2O2. The third-order valence-electron chi connectivity index (χ3n) is 4.57. The third-order valence-corrected chi connectivity index (χ3v) is 4.57. The maximum Gasteiger partial charge on any atom is 0.227 e. The Bertz CT molecular complexity index is 691. The summed E-state index contributed by atoms with van der Waals surface area (Å²) in [6, 6.07) is 6.52. The standard InChI is InChI=1S/C18H21FN2O2/c1-12-16(13(2)23-20-12)11-18(22)21-9-4-3-8-17(21)14-6-5-7-15(19)10-14/h5-7,10,17H,3-4,8-9,11H2,1-2H3. The first-order chi connectivity index (χ1) is 11.1. The van der Waals surface area contributed by atoms with E-state index in [1.807, 2.05) is 24.8 Å². The quantitative estimate of drug-likeness (QED) is 0.867. The van der Waals surface area contributed by atoms with Crippen molar-refractivity contribution in [1.29, 1.82) is 0 Å². The topological polar surface area (TPSA) is 46.3 Å². The Hall–Kier alpha value is -2.17. The second-order valence-electron chi connectivity index (χ2n) is 6.13. The molecule has 3 rings (SSSR count). The van der Waals surface area contributed by atoms with E-state index in [2.05, 4.69) is 5.16 Å². The number of carbonyl (C=O) groups is 1. The normalized spacial score (nSPS) is 18.2. The molecule has 2 aromatic rings. The third kappa shape index (κ3) is 3.28. The van der Waals surface area contributed by atoms with E-state index in [1.165, 1.54) is 12.1 Å². The van der Waals surface area contributed by atoms with Crippen molar-refractivity contribution in [3.63, 3.8) is 0 Å². The van der Waals surface area contributed by atoms with Crippen LogP contribution < -0.4 is 0 Å². The highest BCUT2D eigenvalue weighted by molar-refractivity contribution is 5.79. The van der Waals surface area contributed by atoms with Gasteiger partial charge in [-0.1, -0.05) is 17.3 Å². The van der Waals surface area contributed by atoms with Crippen molar-refractivity contribution in [2.24, 2.45) is 0 Å². The lowest BCUT2D eigenvalue weighted by atomic mass is 9.94. The van der Waals surface area contributed by atoms with Gasteiger partial charge in [0.1, 0.15) is 11.6 Å². The largest absolute Gasteiger partial charge is 0.361 e. The van der Waals surface area contributed by atoms with Crippen LogP contribution in [0.2, 0.25) is 0 Å². The number of hydrogen-bond donors (Lipinski definition) is 0. The number of aromatic nitrogens is 1. The van der Waals surface area contributed by atoms with Crippen LogP contribution in [-0.4, -0.2) is 22.5 Å². The number of likely N-dealkylation sites (tertiary alicyclic amines) is 1. The smallest absolute Gasteiger partial charge is 0.227 e. The van der Waals surface area contributed by atoms with E-state index >= 15 is 0 Å². The first-order valence-corrected chi connectivity index (χ1v) is 8.03. The number of amides is 1. The zero-order chi connectivity index (χ0) is 16.4. The molecule has 0 aliphatic carbocycles. The molecule has 1 amide bonds. The number of benzene rings is 1. The van der Waals surface area contributed by atoms with Crippen LogP contribution in [0.15, 0.2) is 28.8 Å². The molecule has 1 aliphatic rings. The van der Waals surface area contributed by atoms with E-state index in [-0.39, 0.29) is 24.2 Å². The Morgan fingerprint density at radius 2 is 2.22 bits per heavy atom. The van der Waals surface area contributed by atoms with Crippen LogP contribution in [0.4, 0.5) is 4.39 Å². The van der Waals surface area contributed by atoms with Crippen LogP contribution in [0.25, 0.3) is 0 Å². The predicted octanol–water partition coefficient (Wildman–Crippen LogP) is 3.73. The number of carbonyl (C=O) groups excluding carboxylic acids is 1. The first kappa shape index (κ1) is 15.7. The summed E-state index contributed by atoms with van der Waals surface area (Å²) in [5.41, 5.74) is 2.49. The van der Waals surface area contributed by atoms with E-state index in [9.17, 15) is 9.18 Å². The summed E-state index contributed by atoms with van der Waals surface area (Å²) >= 11 is 0. The summed E-state index contributed by atoms with van der Waals surface area (Å²) in [5.74, 6) is 0.481. The molecule has 23 heavy (non-hydrogen) atoms. The molecule has 1 aromatic carbocycles. The number of nitrogens with zero attached hydrogens (tertiary/aromatic N) is 2. The molecule has 1 unspecified atom stereocenters. The zero-order valence-corrected chi connectivity index (χ0v) is 13.5. The van der Waals surface area contributed by atoms with Crippen molar-refractivity contribution in [2.75, 3.05) is 6.54 Å². The SMILES string of the molecule is Cc1noc(C)c1CC(=O)N1CCCCC1c1cccc(F)c1. The van der Waals surface area contributed by atoms with Gasteiger partial charge in [0.15, 0.2) is 0 Å². The van der Waals surface area contributed by atoms with Crippen molar-refractivity contribution >= 4 is 5.91 Å². The van der Waals surface area contributed by atoms with Gasteiger partial charge in [-0.3, -0.25) is 4.79 Å². The molecule has 0 saturated carbocycles. The maximum absolute atomic E-state index is 13.5. The lowest BCUT2D eigenvalue weighted by Gasteiger charge is -2.36. The molecule has 1 aliphatic heterocycles. The molecule has 2 heterocycles. The van der Waals surface area contributed by atoms with Crippen molar-refractivity contribution in [3.05, 3.63) is 52.7 Å². The van der Waals surface area contributed by atoms with Gasteiger partial charge < -0.3 is 9.42 Å². The van der Waals surface area contributed by atoms with E-state index in [0.717, 1.165) is 36.1 Å².